The van der Waals surface area contributed by atoms with E-state index in [9.17, 15) is 4.79 Å². The van der Waals surface area contributed by atoms with Gasteiger partial charge in [-0.2, -0.15) is 0 Å². The zero-order valence-corrected chi connectivity index (χ0v) is 13.6. The molecule has 118 valence electrons. The van der Waals surface area contributed by atoms with Gasteiger partial charge in [-0.05, 0) is 6.07 Å². The molecule has 0 bridgehead atoms. The van der Waals surface area contributed by atoms with Crippen LogP contribution < -0.4 is 16.0 Å². The summed E-state index contributed by atoms with van der Waals surface area (Å²) >= 11 is 7.95. The molecule has 0 spiro atoms. The standard InChI is InChI=1S/C15H18ClN3O2S/c16-14-11-3-1-2-4-12(11)22-13(14)9-19-15(20)18-8-10-7-17-5-6-21-10/h1-4,10,17H,5-9H2,(H2,18,19,20)/t10-/m1/s1. The van der Waals surface area contributed by atoms with Crippen molar-refractivity contribution in [2.45, 2.75) is 12.6 Å². The molecule has 1 saturated heterocycles. The van der Waals surface area contributed by atoms with Crippen LogP contribution in [0.5, 0.6) is 0 Å². The number of nitrogens with one attached hydrogen (secondary N) is 3. The molecule has 5 nitrogen and oxygen atoms in total. The molecule has 1 aromatic heterocycles. The smallest absolute Gasteiger partial charge is 0.315 e. The van der Waals surface area contributed by atoms with E-state index in [0.29, 0.717) is 19.7 Å². The van der Waals surface area contributed by atoms with Gasteiger partial charge in [-0.1, -0.05) is 29.8 Å². The van der Waals surface area contributed by atoms with Crippen molar-refractivity contribution in [1.29, 1.82) is 0 Å². The van der Waals surface area contributed by atoms with Crippen LogP contribution in [-0.4, -0.2) is 38.4 Å². The maximum atomic E-state index is 11.8. The lowest BCUT2D eigenvalue weighted by Gasteiger charge is -2.23. The molecule has 0 radical (unpaired) electrons. The molecule has 3 N–H and O–H groups in total. The van der Waals surface area contributed by atoms with Gasteiger partial charge in [-0.25, -0.2) is 4.79 Å². The minimum absolute atomic E-state index is 0.0346. The van der Waals surface area contributed by atoms with Crippen molar-refractivity contribution in [3.05, 3.63) is 34.2 Å². The molecule has 1 aromatic carbocycles. The largest absolute Gasteiger partial charge is 0.374 e. The fraction of sp³-hybridized carbons (Fsp3) is 0.400. The van der Waals surface area contributed by atoms with Crippen molar-refractivity contribution in [3.8, 4) is 0 Å². The number of fused-ring (bicyclic) bond motifs is 1. The molecule has 3 rings (SSSR count). The second-order valence-corrected chi connectivity index (χ2v) is 6.61. The van der Waals surface area contributed by atoms with Gasteiger partial charge >= 0.3 is 6.03 Å². The molecule has 1 aliphatic heterocycles. The maximum Gasteiger partial charge on any atom is 0.315 e. The highest BCUT2D eigenvalue weighted by atomic mass is 35.5. The monoisotopic (exact) mass is 339 g/mol. The Morgan fingerprint density at radius 3 is 3.05 bits per heavy atom. The SMILES string of the molecule is O=C(NCc1sc2ccccc2c1Cl)NC[C@H]1CNCCO1. The van der Waals surface area contributed by atoms with Crippen LogP contribution in [0.1, 0.15) is 4.88 Å². The van der Waals surface area contributed by atoms with E-state index in [1.807, 2.05) is 24.3 Å². The summed E-state index contributed by atoms with van der Waals surface area (Å²) in [6.07, 6.45) is 0.0346. The third-order valence-electron chi connectivity index (χ3n) is 3.51. The number of rotatable bonds is 4. The van der Waals surface area contributed by atoms with Gasteiger partial charge in [0.25, 0.3) is 0 Å². The van der Waals surface area contributed by atoms with Crippen LogP contribution in [0, 0.1) is 0 Å². The van der Waals surface area contributed by atoms with Gasteiger partial charge in [0.2, 0.25) is 0 Å². The van der Waals surface area contributed by atoms with E-state index >= 15 is 0 Å². The third kappa shape index (κ3) is 3.70. The summed E-state index contributed by atoms with van der Waals surface area (Å²) in [5.74, 6) is 0. The van der Waals surface area contributed by atoms with Gasteiger partial charge < -0.3 is 20.7 Å². The molecule has 22 heavy (non-hydrogen) atoms. The first-order valence-corrected chi connectivity index (χ1v) is 8.43. The molecule has 1 aliphatic rings. The number of carbonyl (C=O) groups is 1. The van der Waals surface area contributed by atoms with Crippen LogP contribution in [0.2, 0.25) is 5.02 Å². The second kappa shape index (κ2) is 7.28. The van der Waals surface area contributed by atoms with E-state index in [-0.39, 0.29) is 12.1 Å². The average Bonchev–Trinajstić information content (AvgIpc) is 2.88. The van der Waals surface area contributed by atoms with Gasteiger partial charge in [0.15, 0.2) is 0 Å². The van der Waals surface area contributed by atoms with E-state index in [0.717, 1.165) is 33.1 Å². The van der Waals surface area contributed by atoms with Crippen molar-refractivity contribution in [2.75, 3.05) is 26.2 Å². The van der Waals surface area contributed by atoms with Crippen molar-refractivity contribution >= 4 is 39.1 Å². The Labute approximate surface area is 138 Å². The molecule has 0 saturated carbocycles. The highest BCUT2D eigenvalue weighted by Crippen LogP contribution is 2.34. The van der Waals surface area contributed by atoms with Crippen molar-refractivity contribution < 1.29 is 9.53 Å². The fourth-order valence-electron chi connectivity index (χ4n) is 2.36. The summed E-state index contributed by atoms with van der Waals surface area (Å²) in [7, 11) is 0. The first kappa shape index (κ1) is 15.6. The van der Waals surface area contributed by atoms with Crippen LogP contribution in [0.25, 0.3) is 10.1 Å². The lowest BCUT2D eigenvalue weighted by molar-refractivity contribution is 0.0307. The number of benzene rings is 1. The molecule has 7 heteroatoms. The number of ether oxygens (including phenoxy) is 1. The average molecular weight is 340 g/mol. The zero-order chi connectivity index (χ0) is 15.4. The van der Waals surface area contributed by atoms with E-state index in [2.05, 4.69) is 16.0 Å². The summed E-state index contributed by atoms with van der Waals surface area (Å²) in [5, 5.41) is 10.6. The van der Waals surface area contributed by atoms with Crippen LogP contribution in [0.15, 0.2) is 24.3 Å². The predicted octanol–water partition coefficient (Wildman–Crippen LogP) is 2.34. The molecule has 1 fully saturated rings. The lowest BCUT2D eigenvalue weighted by Crippen LogP contribution is -2.47. The Balaban J connectivity index is 1.50. The summed E-state index contributed by atoms with van der Waals surface area (Å²) < 4.78 is 6.66. The van der Waals surface area contributed by atoms with Crippen molar-refractivity contribution in [3.63, 3.8) is 0 Å². The number of urea groups is 1. The molecular weight excluding hydrogens is 322 g/mol. The van der Waals surface area contributed by atoms with Gasteiger partial charge in [0, 0.05) is 34.6 Å². The lowest BCUT2D eigenvalue weighted by atomic mass is 10.2. The quantitative estimate of drug-likeness (QED) is 0.801. The summed E-state index contributed by atoms with van der Waals surface area (Å²) in [4.78, 5) is 12.8. The Kier molecular flexibility index (Phi) is 5.15. The molecule has 0 aliphatic carbocycles. The van der Waals surface area contributed by atoms with Crippen LogP contribution in [-0.2, 0) is 11.3 Å². The van der Waals surface area contributed by atoms with Gasteiger partial charge in [-0.3, -0.25) is 0 Å². The number of thiophene rings is 1. The molecule has 2 aromatic rings. The van der Waals surface area contributed by atoms with E-state index < -0.39 is 0 Å². The van der Waals surface area contributed by atoms with Gasteiger partial charge in [0.05, 0.1) is 24.3 Å². The van der Waals surface area contributed by atoms with Crippen LogP contribution in [0.4, 0.5) is 4.79 Å². The Morgan fingerprint density at radius 2 is 2.27 bits per heavy atom. The topological polar surface area (TPSA) is 62.4 Å². The Hall–Kier alpha value is -1.34. The Morgan fingerprint density at radius 1 is 1.41 bits per heavy atom. The minimum Gasteiger partial charge on any atom is -0.374 e. The first-order valence-electron chi connectivity index (χ1n) is 7.24. The van der Waals surface area contributed by atoms with E-state index in [1.165, 1.54) is 0 Å². The first-order chi connectivity index (χ1) is 10.7. The van der Waals surface area contributed by atoms with Crippen molar-refractivity contribution in [1.82, 2.24) is 16.0 Å². The highest BCUT2D eigenvalue weighted by Gasteiger charge is 2.15. The van der Waals surface area contributed by atoms with Gasteiger partial charge in [0.1, 0.15) is 0 Å². The fourth-order valence-corrected chi connectivity index (χ4v) is 3.80. The summed E-state index contributed by atoms with van der Waals surface area (Å²) in [5.41, 5.74) is 0. The number of morpholine rings is 1. The third-order valence-corrected chi connectivity index (χ3v) is 5.22. The van der Waals surface area contributed by atoms with Crippen molar-refractivity contribution in [2.24, 2.45) is 0 Å². The number of hydrogen-bond donors (Lipinski definition) is 3. The molecular formula is C15H18ClN3O2S. The summed E-state index contributed by atoms with van der Waals surface area (Å²) in [6, 6.07) is 7.76. The maximum absolute atomic E-state index is 11.8. The minimum atomic E-state index is -0.206. The number of hydrogen-bond acceptors (Lipinski definition) is 4. The van der Waals surface area contributed by atoms with E-state index in [4.69, 9.17) is 16.3 Å². The number of halogens is 1. The molecule has 0 unspecified atom stereocenters. The van der Waals surface area contributed by atoms with Crippen LogP contribution in [0.3, 0.4) is 0 Å². The molecule has 2 heterocycles. The highest BCUT2D eigenvalue weighted by molar-refractivity contribution is 7.19. The number of carbonyl (C=O) groups excluding carboxylic acids is 1. The van der Waals surface area contributed by atoms with Crippen LogP contribution >= 0.6 is 22.9 Å². The van der Waals surface area contributed by atoms with Gasteiger partial charge in [-0.15, -0.1) is 11.3 Å². The molecule has 2 amide bonds. The zero-order valence-electron chi connectivity index (χ0n) is 12.0. The summed E-state index contributed by atoms with van der Waals surface area (Å²) in [6.45, 7) is 3.24. The molecule has 1 atom stereocenters. The predicted molar refractivity (Wildman–Crippen MR) is 89.7 cm³/mol. The normalized spacial score (nSPS) is 18.3. The number of amides is 2. The van der Waals surface area contributed by atoms with E-state index in [1.54, 1.807) is 11.3 Å². The second-order valence-electron chi connectivity index (χ2n) is 5.10. The Bertz CT molecular complexity index is 655.